The van der Waals surface area contributed by atoms with Gasteiger partial charge in [-0.25, -0.2) is 13.6 Å². The number of benzene rings is 2. The van der Waals surface area contributed by atoms with Crippen molar-refractivity contribution < 1.29 is 28.5 Å². The van der Waals surface area contributed by atoms with Crippen LogP contribution in [0.5, 0.6) is 0 Å². The molecule has 2 heterocycles. The number of amides is 2. The van der Waals surface area contributed by atoms with E-state index in [1.807, 2.05) is 18.2 Å². The summed E-state index contributed by atoms with van der Waals surface area (Å²) in [5.41, 5.74) is 0.986. The Balaban J connectivity index is 1.36. The van der Waals surface area contributed by atoms with Crippen molar-refractivity contribution in [2.75, 3.05) is 49.5 Å². The van der Waals surface area contributed by atoms with E-state index >= 15 is 0 Å². The van der Waals surface area contributed by atoms with E-state index in [0.717, 1.165) is 30.9 Å². The summed E-state index contributed by atoms with van der Waals surface area (Å²) in [6, 6.07) is 11.8. The summed E-state index contributed by atoms with van der Waals surface area (Å²) in [5, 5.41) is 25.3. The van der Waals surface area contributed by atoms with E-state index in [2.05, 4.69) is 32.6 Å². The van der Waals surface area contributed by atoms with E-state index in [1.165, 1.54) is 0 Å². The van der Waals surface area contributed by atoms with Crippen LogP contribution in [0.25, 0.3) is 0 Å². The van der Waals surface area contributed by atoms with E-state index in [4.69, 9.17) is 4.74 Å². The topological polar surface area (TPSA) is 97.3 Å². The number of nitrogens with zero attached hydrogens (tertiary/aromatic N) is 2. The lowest BCUT2D eigenvalue weighted by Crippen LogP contribution is -2.57. The minimum absolute atomic E-state index is 0.0474. The van der Waals surface area contributed by atoms with Gasteiger partial charge in [-0.15, -0.1) is 0 Å². The van der Waals surface area contributed by atoms with Gasteiger partial charge in [0.2, 0.25) is 0 Å². The summed E-state index contributed by atoms with van der Waals surface area (Å²) in [4.78, 5) is 16.6. The first-order valence-electron chi connectivity index (χ1n) is 10.9. The Kier molecular flexibility index (Phi) is 7.39. The number of urea groups is 1. The molecule has 0 bridgehead atoms. The van der Waals surface area contributed by atoms with Crippen LogP contribution in [0.3, 0.4) is 0 Å². The van der Waals surface area contributed by atoms with Gasteiger partial charge in [0.05, 0.1) is 24.4 Å². The Bertz CT molecular complexity index is 943. The van der Waals surface area contributed by atoms with Crippen molar-refractivity contribution in [1.29, 1.82) is 0 Å². The van der Waals surface area contributed by atoms with Crippen LogP contribution in [0.1, 0.15) is 0 Å². The van der Waals surface area contributed by atoms with Crippen LogP contribution in [0.15, 0.2) is 48.5 Å². The number of aliphatic hydroxyl groups is 2. The second kappa shape index (κ2) is 10.4. The van der Waals surface area contributed by atoms with Crippen molar-refractivity contribution >= 4 is 17.4 Å². The Morgan fingerprint density at radius 2 is 1.79 bits per heavy atom. The number of carbonyl (C=O) groups excluding carboxylic acids is 1. The average molecular weight is 462 g/mol. The molecule has 2 amide bonds. The third-order valence-corrected chi connectivity index (χ3v) is 6.14. The molecule has 0 aliphatic carbocycles. The Morgan fingerprint density at radius 3 is 2.45 bits per heavy atom. The molecule has 2 aromatic rings. The molecule has 0 aromatic heterocycles. The molecule has 4 rings (SSSR count). The molecule has 4 atom stereocenters. The van der Waals surface area contributed by atoms with Gasteiger partial charge in [0.25, 0.3) is 0 Å². The first-order valence-corrected chi connectivity index (χ1v) is 10.9. The van der Waals surface area contributed by atoms with E-state index in [1.54, 1.807) is 0 Å². The highest BCUT2D eigenvalue weighted by atomic mass is 19.1. The van der Waals surface area contributed by atoms with Gasteiger partial charge in [-0.1, -0.05) is 18.2 Å². The molecular weight excluding hydrogens is 434 g/mol. The first kappa shape index (κ1) is 23.4. The molecule has 2 aliphatic heterocycles. The lowest BCUT2D eigenvalue weighted by molar-refractivity contribution is -0.0205. The monoisotopic (exact) mass is 462 g/mol. The van der Waals surface area contributed by atoms with E-state index in [0.29, 0.717) is 19.2 Å². The lowest BCUT2D eigenvalue weighted by atomic mass is 10.0. The fourth-order valence-corrected chi connectivity index (χ4v) is 4.46. The number of hydrogen-bond acceptors (Lipinski definition) is 6. The highest BCUT2D eigenvalue weighted by Crippen LogP contribution is 2.27. The summed E-state index contributed by atoms with van der Waals surface area (Å²) >= 11 is 0. The molecular formula is C23H28F2N4O4. The minimum Gasteiger partial charge on any atom is -0.394 e. The number of aliphatic hydroxyl groups excluding tert-OH is 2. The molecule has 2 aliphatic rings. The van der Waals surface area contributed by atoms with Gasteiger partial charge >= 0.3 is 6.03 Å². The molecule has 0 spiro atoms. The van der Waals surface area contributed by atoms with Gasteiger partial charge in [0.15, 0.2) is 0 Å². The van der Waals surface area contributed by atoms with Crippen molar-refractivity contribution in [2.45, 2.75) is 24.4 Å². The van der Waals surface area contributed by atoms with Crippen LogP contribution < -0.4 is 15.5 Å². The molecule has 0 unspecified atom stereocenters. The second-order valence-electron chi connectivity index (χ2n) is 8.19. The number of nitrogens with one attached hydrogen (secondary N) is 2. The highest BCUT2D eigenvalue weighted by molar-refractivity contribution is 5.89. The molecule has 8 nitrogen and oxygen atoms in total. The largest absolute Gasteiger partial charge is 0.394 e. The fourth-order valence-electron chi connectivity index (χ4n) is 4.46. The smallest absolute Gasteiger partial charge is 0.319 e. The van der Waals surface area contributed by atoms with E-state index < -0.39 is 42.0 Å². The molecule has 2 fully saturated rings. The zero-order valence-corrected chi connectivity index (χ0v) is 18.0. The Labute approximate surface area is 190 Å². The van der Waals surface area contributed by atoms with Crippen molar-refractivity contribution in [1.82, 2.24) is 10.2 Å². The van der Waals surface area contributed by atoms with Crippen LogP contribution in [0, 0.1) is 11.6 Å². The van der Waals surface area contributed by atoms with E-state index in [-0.39, 0.29) is 18.8 Å². The molecule has 4 N–H and O–H groups in total. The highest BCUT2D eigenvalue weighted by Gasteiger charge is 2.46. The van der Waals surface area contributed by atoms with Crippen molar-refractivity contribution in [3.63, 3.8) is 0 Å². The predicted octanol–water partition coefficient (Wildman–Crippen LogP) is 1.40. The van der Waals surface area contributed by atoms with Gasteiger partial charge in [-0.3, -0.25) is 4.90 Å². The SMILES string of the molecule is O=C(NC[C@H]1O[C@@H](CO)[C@@H](O)[C@H]1N1CCN(c2ccccc2)CC1)Nc1ccc(F)cc1F. The van der Waals surface area contributed by atoms with Crippen LogP contribution in [-0.2, 0) is 4.74 Å². The molecule has 0 saturated carbocycles. The molecule has 33 heavy (non-hydrogen) atoms. The number of ether oxygens (including phenoxy) is 1. The van der Waals surface area contributed by atoms with Gasteiger partial charge in [-0.2, -0.15) is 0 Å². The maximum atomic E-state index is 13.8. The normalized spacial score (nSPS) is 25.8. The zero-order valence-electron chi connectivity index (χ0n) is 18.0. The molecule has 10 heteroatoms. The fraction of sp³-hybridized carbons (Fsp3) is 0.435. The summed E-state index contributed by atoms with van der Waals surface area (Å²) in [7, 11) is 0. The predicted molar refractivity (Wildman–Crippen MR) is 119 cm³/mol. The van der Waals surface area contributed by atoms with Gasteiger partial charge in [0.1, 0.15) is 23.8 Å². The minimum atomic E-state index is -0.914. The standard InChI is InChI=1S/C23H28F2N4O4/c24-15-6-7-18(17(25)12-15)27-23(32)26-13-19-21(22(31)20(14-30)33-19)29-10-8-28(9-11-29)16-4-2-1-3-5-16/h1-7,12,19-22,30-31H,8-11,13-14H2,(H2,26,27,32)/t19-,20+,21+,22-/m1/s1. The van der Waals surface area contributed by atoms with Gasteiger partial charge in [0, 0.05) is 44.5 Å². The molecule has 178 valence electrons. The van der Waals surface area contributed by atoms with Gasteiger partial charge < -0.3 is 30.5 Å². The summed E-state index contributed by atoms with van der Waals surface area (Å²) in [6.07, 6.45) is -2.24. The number of rotatable bonds is 6. The van der Waals surface area contributed by atoms with Crippen LogP contribution >= 0.6 is 0 Å². The molecule has 2 aromatic carbocycles. The van der Waals surface area contributed by atoms with Crippen molar-refractivity contribution in [2.24, 2.45) is 0 Å². The lowest BCUT2D eigenvalue weighted by Gasteiger charge is -2.41. The van der Waals surface area contributed by atoms with E-state index in [9.17, 15) is 23.8 Å². The van der Waals surface area contributed by atoms with Crippen LogP contribution in [0.2, 0.25) is 0 Å². The summed E-state index contributed by atoms with van der Waals surface area (Å²) in [6.45, 7) is 2.60. The third-order valence-electron chi connectivity index (χ3n) is 6.14. The Hall–Kier alpha value is -2.79. The molecule has 2 saturated heterocycles. The second-order valence-corrected chi connectivity index (χ2v) is 8.19. The summed E-state index contributed by atoms with van der Waals surface area (Å²) < 4.78 is 32.6. The van der Waals surface area contributed by atoms with Crippen molar-refractivity contribution in [3.05, 3.63) is 60.2 Å². The van der Waals surface area contributed by atoms with Crippen molar-refractivity contribution in [3.8, 4) is 0 Å². The third kappa shape index (κ3) is 5.41. The van der Waals surface area contributed by atoms with Crippen LogP contribution in [0.4, 0.5) is 25.0 Å². The number of piperazine rings is 1. The zero-order chi connectivity index (χ0) is 23.4. The number of carbonyl (C=O) groups is 1. The first-order chi connectivity index (χ1) is 16.0. The number of hydrogen-bond donors (Lipinski definition) is 4. The number of anilines is 2. The van der Waals surface area contributed by atoms with Gasteiger partial charge in [-0.05, 0) is 24.3 Å². The maximum absolute atomic E-state index is 13.8. The average Bonchev–Trinajstić information content (AvgIpc) is 3.15. The quantitative estimate of drug-likeness (QED) is 0.518. The maximum Gasteiger partial charge on any atom is 0.319 e. The Morgan fingerprint density at radius 1 is 1.06 bits per heavy atom. The summed E-state index contributed by atoms with van der Waals surface area (Å²) in [5.74, 6) is -1.62. The molecule has 0 radical (unpaired) electrons. The van der Waals surface area contributed by atoms with Crippen LogP contribution in [-0.4, -0.2) is 84.8 Å². The number of para-hydroxylation sites is 1. The number of halogens is 2.